The molecule has 5 heteroatoms. The predicted molar refractivity (Wildman–Crippen MR) is 64.8 cm³/mol. The third-order valence-corrected chi connectivity index (χ3v) is 2.97. The zero-order chi connectivity index (χ0) is 12.0. The lowest BCUT2D eigenvalue weighted by molar-refractivity contribution is -0.120. The summed E-state index contributed by atoms with van der Waals surface area (Å²) in [6.45, 7) is 2.49. The molecule has 0 radical (unpaired) electrons. The lowest BCUT2D eigenvalue weighted by Gasteiger charge is -2.04. The number of thioether (sulfide) groups is 1. The highest BCUT2D eigenvalue weighted by Crippen LogP contribution is 2.23. The van der Waals surface area contributed by atoms with Gasteiger partial charge in [0, 0.05) is 29.3 Å². The number of amides is 1. The first-order chi connectivity index (χ1) is 7.63. The Morgan fingerprint density at radius 1 is 1.56 bits per heavy atom. The number of nitrogens with two attached hydrogens (primary N) is 1. The van der Waals surface area contributed by atoms with Crippen molar-refractivity contribution in [2.45, 2.75) is 18.2 Å². The zero-order valence-electron chi connectivity index (χ0n) is 9.13. The van der Waals surface area contributed by atoms with Crippen LogP contribution in [-0.4, -0.2) is 18.2 Å². The van der Waals surface area contributed by atoms with Gasteiger partial charge >= 0.3 is 0 Å². The summed E-state index contributed by atoms with van der Waals surface area (Å²) < 4.78 is 13.3. The highest BCUT2D eigenvalue weighted by atomic mass is 32.2. The van der Waals surface area contributed by atoms with Gasteiger partial charge < -0.3 is 11.1 Å². The third kappa shape index (κ3) is 4.10. The van der Waals surface area contributed by atoms with Crippen LogP contribution in [-0.2, 0) is 4.79 Å². The summed E-state index contributed by atoms with van der Waals surface area (Å²) in [6, 6.07) is 4.57. The van der Waals surface area contributed by atoms with Gasteiger partial charge in [0.1, 0.15) is 5.82 Å². The van der Waals surface area contributed by atoms with Crippen LogP contribution in [0.15, 0.2) is 23.1 Å². The van der Waals surface area contributed by atoms with E-state index >= 15 is 0 Å². The van der Waals surface area contributed by atoms with Crippen LogP contribution < -0.4 is 11.1 Å². The average molecular weight is 242 g/mol. The van der Waals surface area contributed by atoms with E-state index in [2.05, 4.69) is 5.32 Å². The molecule has 0 aliphatic rings. The van der Waals surface area contributed by atoms with E-state index in [1.54, 1.807) is 12.1 Å². The van der Waals surface area contributed by atoms with E-state index in [1.807, 2.05) is 6.92 Å². The summed E-state index contributed by atoms with van der Waals surface area (Å²) >= 11 is 1.32. The fourth-order valence-corrected chi connectivity index (χ4v) is 2.04. The Morgan fingerprint density at radius 2 is 2.31 bits per heavy atom. The summed E-state index contributed by atoms with van der Waals surface area (Å²) in [7, 11) is 0. The fraction of sp³-hybridized carbons (Fsp3) is 0.364. The van der Waals surface area contributed by atoms with E-state index in [9.17, 15) is 9.18 Å². The van der Waals surface area contributed by atoms with Crippen LogP contribution in [0.4, 0.5) is 10.1 Å². The number of rotatable bonds is 5. The smallest absolute Gasteiger partial charge is 0.220 e. The van der Waals surface area contributed by atoms with E-state index in [0.29, 0.717) is 29.3 Å². The molecular formula is C11H15FN2OS. The Bertz CT molecular complexity index is 371. The molecule has 0 heterocycles. The number of halogens is 1. The van der Waals surface area contributed by atoms with Crippen LogP contribution in [0.3, 0.4) is 0 Å². The van der Waals surface area contributed by atoms with Crippen LogP contribution in [0.2, 0.25) is 0 Å². The quantitative estimate of drug-likeness (QED) is 0.613. The lowest BCUT2D eigenvalue weighted by atomic mass is 10.3. The molecule has 88 valence electrons. The standard InChI is InChI=1S/C11H15FN2OS/c1-2-14-11(15)5-6-16-10-4-3-8(13)7-9(10)12/h3-4,7H,2,5-6,13H2,1H3,(H,14,15). The van der Waals surface area contributed by atoms with Gasteiger partial charge in [0.25, 0.3) is 0 Å². The van der Waals surface area contributed by atoms with Crippen LogP contribution in [0.5, 0.6) is 0 Å². The molecule has 3 nitrogen and oxygen atoms in total. The van der Waals surface area contributed by atoms with Crippen molar-refractivity contribution in [2.75, 3.05) is 18.0 Å². The molecule has 0 atom stereocenters. The van der Waals surface area contributed by atoms with E-state index < -0.39 is 0 Å². The second-order valence-corrected chi connectivity index (χ2v) is 4.38. The number of carbonyl (C=O) groups is 1. The number of hydrogen-bond donors (Lipinski definition) is 2. The molecule has 0 bridgehead atoms. The second kappa shape index (κ2) is 6.37. The van der Waals surface area contributed by atoms with Gasteiger partial charge in [-0.3, -0.25) is 4.79 Å². The predicted octanol–water partition coefficient (Wildman–Crippen LogP) is 2.03. The van der Waals surface area contributed by atoms with Crippen molar-refractivity contribution in [3.63, 3.8) is 0 Å². The Morgan fingerprint density at radius 3 is 2.94 bits per heavy atom. The van der Waals surface area contributed by atoms with Crippen LogP contribution >= 0.6 is 11.8 Å². The molecule has 0 aliphatic heterocycles. The molecule has 1 amide bonds. The lowest BCUT2D eigenvalue weighted by Crippen LogP contribution is -2.22. The van der Waals surface area contributed by atoms with E-state index in [-0.39, 0.29) is 11.7 Å². The van der Waals surface area contributed by atoms with Crippen molar-refractivity contribution >= 4 is 23.4 Å². The summed E-state index contributed by atoms with van der Waals surface area (Å²) in [4.78, 5) is 11.7. The number of carbonyl (C=O) groups excluding carboxylic acids is 1. The minimum absolute atomic E-state index is 0.00847. The molecule has 1 aromatic rings. The average Bonchev–Trinajstić information content (AvgIpc) is 2.22. The number of benzene rings is 1. The van der Waals surface area contributed by atoms with Gasteiger partial charge in [0.2, 0.25) is 5.91 Å². The van der Waals surface area contributed by atoms with Crippen molar-refractivity contribution < 1.29 is 9.18 Å². The maximum atomic E-state index is 13.3. The summed E-state index contributed by atoms with van der Waals surface area (Å²) in [5, 5.41) is 2.69. The Balaban J connectivity index is 2.40. The molecular weight excluding hydrogens is 227 g/mol. The highest BCUT2D eigenvalue weighted by Gasteiger charge is 2.05. The molecule has 0 saturated carbocycles. The van der Waals surface area contributed by atoms with Crippen LogP contribution in [0.25, 0.3) is 0 Å². The first-order valence-corrected chi connectivity index (χ1v) is 6.06. The van der Waals surface area contributed by atoms with Gasteiger partial charge in [0.15, 0.2) is 0 Å². The van der Waals surface area contributed by atoms with Gasteiger partial charge in [-0.15, -0.1) is 11.8 Å². The highest BCUT2D eigenvalue weighted by molar-refractivity contribution is 7.99. The van der Waals surface area contributed by atoms with Crippen molar-refractivity contribution in [1.29, 1.82) is 0 Å². The first kappa shape index (κ1) is 12.8. The first-order valence-electron chi connectivity index (χ1n) is 5.08. The fourth-order valence-electron chi connectivity index (χ4n) is 1.17. The monoisotopic (exact) mass is 242 g/mol. The Labute approximate surface area is 98.6 Å². The topological polar surface area (TPSA) is 55.1 Å². The van der Waals surface area contributed by atoms with Gasteiger partial charge in [-0.05, 0) is 25.1 Å². The molecule has 1 rings (SSSR count). The largest absolute Gasteiger partial charge is 0.399 e. The Kier molecular flexibility index (Phi) is 5.11. The maximum Gasteiger partial charge on any atom is 0.220 e. The van der Waals surface area contributed by atoms with Crippen LogP contribution in [0.1, 0.15) is 13.3 Å². The molecule has 0 spiro atoms. The SMILES string of the molecule is CCNC(=O)CCSc1ccc(N)cc1F. The summed E-state index contributed by atoms with van der Waals surface area (Å²) in [6.07, 6.45) is 0.391. The van der Waals surface area contributed by atoms with Crippen molar-refractivity contribution in [3.05, 3.63) is 24.0 Å². The van der Waals surface area contributed by atoms with E-state index in [4.69, 9.17) is 5.73 Å². The van der Waals surface area contributed by atoms with Crippen molar-refractivity contribution in [2.24, 2.45) is 0 Å². The zero-order valence-corrected chi connectivity index (χ0v) is 9.94. The molecule has 3 N–H and O–H groups in total. The van der Waals surface area contributed by atoms with Crippen LogP contribution in [0, 0.1) is 5.82 Å². The number of nitrogen functional groups attached to an aromatic ring is 1. The molecule has 1 aromatic carbocycles. The Hall–Kier alpha value is -1.23. The molecule has 16 heavy (non-hydrogen) atoms. The summed E-state index contributed by atoms with van der Waals surface area (Å²) in [5.74, 6) is 0.221. The van der Waals surface area contributed by atoms with Gasteiger partial charge in [-0.1, -0.05) is 0 Å². The minimum atomic E-state index is -0.333. The number of nitrogens with one attached hydrogen (secondary N) is 1. The van der Waals surface area contributed by atoms with E-state index in [1.165, 1.54) is 17.8 Å². The van der Waals surface area contributed by atoms with Gasteiger partial charge in [0.05, 0.1) is 0 Å². The molecule has 0 saturated heterocycles. The second-order valence-electron chi connectivity index (χ2n) is 3.24. The maximum absolute atomic E-state index is 13.3. The number of anilines is 1. The van der Waals surface area contributed by atoms with Crippen molar-refractivity contribution in [3.8, 4) is 0 Å². The van der Waals surface area contributed by atoms with E-state index in [0.717, 1.165) is 0 Å². The summed E-state index contributed by atoms with van der Waals surface area (Å²) in [5.41, 5.74) is 5.84. The third-order valence-electron chi connectivity index (χ3n) is 1.92. The minimum Gasteiger partial charge on any atom is -0.399 e. The van der Waals surface area contributed by atoms with Gasteiger partial charge in [-0.25, -0.2) is 4.39 Å². The molecule has 0 aromatic heterocycles. The number of hydrogen-bond acceptors (Lipinski definition) is 3. The molecule has 0 unspecified atom stereocenters. The molecule has 0 fully saturated rings. The van der Waals surface area contributed by atoms with Crippen molar-refractivity contribution in [1.82, 2.24) is 5.32 Å². The molecule has 0 aliphatic carbocycles. The normalized spacial score (nSPS) is 10.1. The van der Waals surface area contributed by atoms with Gasteiger partial charge in [-0.2, -0.15) is 0 Å².